The number of aromatic nitrogens is 2. The highest BCUT2D eigenvalue weighted by Crippen LogP contribution is 2.36. The first-order chi connectivity index (χ1) is 18.7. The van der Waals surface area contributed by atoms with Crippen molar-refractivity contribution in [3.63, 3.8) is 0 Å². The molecule has 2 heterocycles. The van der Waals surface area contributed by atoms with Gasteiger partial charge < -0.3 is 19.9 Å². The summed E-state index contributed by atoms with van der Waals surface area (Å²) < 4.78 is 45.7. The topological polar surface area (TPSA) is 116 Å². The van der Waals surface area contributed by atoms with Gasteiger partial charge in [-0.25, -0.2) is 9.78 Å². The highest BCUT2D eigenvalue weighted by molar-refractivity contribution is 5.99. The summed E-state index contributed by atoms with van der Waals surface area (Å²) in [6.45, 7) is 0.390. The van der Waals surface area contributed by atoms with E-state index in [2.05, 4.69) is 15.3 Å². The Hall–Kier alpha value is -4.87. The Kier molecular flexibility index (Phi) is 6.69. The summed E-state index contributed by atoms with van der Waals surface area (Å²) in [6, 6.07) is 12.3. The third-order valence-electron chi connectivity index (χ3n) is 6.58. The van der Waals surface area contributed by atoms with E-state index in [9.17, 15) is 27.6 Å². The normalized spacial score (nSPS) is 13.7. The molecule has 0 spiro atoms. The molecule has 0 saturated heterocycles. The van der Waals surface area contributed by atoms with Crippen molar-refractivity contribution in [1.82, 2.24) is 25.5 Å². The molecule has 4 aromatic rings. The number of ether oxygens (including phenoxy) is 1. The Labute approximate surface area is 220 Å². The zero-order valence-corrected chi connectivity index (χ0v) is 20.5. The highest BCUT2D eigenvalue weighted by atomic mass is 19.4. The average Bonchev–Trinajstić information content (AvgIpc) is 3.51. The molecule has 200 valence electrons. The van der Waals surface area contributed by atoms with Gasteiger partial charge in [0.1, 0.15) is 5.75 Å². The molecule has 3 aromatic carbocycles. The molecule has 0 fully saturated rings. The van der Waals surface area contributed by atoms with E-state index in [0.717, 1.165) is 17.7 Å². The first-order valence-corrected chi connectivity index (χ1v) is 11.8. The second-order valence-corrected chi connectivity index (χ2v) is 8.94. The van der Waals surface area contributed by atoms with Crippen molar-refractivity contribution in [3.05, 3.63) is 83.2 Å². The Morgan fingerprint density at radius 2 is 1.92 bits per heavy atom. The monoisotopic (exact) mass is 537 g/mol. The summed E-state index contributed by atoms with van der Waals surface area (Å²) in [5.74, 6) is 0.300. The predicted molar refractivity (Wildman–Crippen MR) is 135 cm³/mol. The molecule has 3 N–H and O–H groups in total. The molecule has 1 aliphatic rings. The molecule has 9 nitrogen and oxygen atoms in total. The van der Waals surface area contributed by atoms with Gasteiger partial charge in [0.05, 0.1) is 36.1 Å². The number of imide groups is 1. The van der Waals surface area contributed by atoms with E-state index in [1.165, 1.54) is 13.4 Å². The number of amides is 4. The fraction of sp³-hybridized carbons (Fsp3) is 0.185. The number of nitrogens with zero attached hydrogens (tertiary/aromatic N) is 2. The summed E-state index contributed by atoms with van der Waals surface area (Å²) >= 11 is 0. The van der Waals surface area contributed by atoms with Crippen LogP contribution in [0.3, 0.4) is 0 Å². The van der Waals surface area contributed by atoms with Crippen LogP contribution in [0.15, 0.2) is 60.9 Å². The van der Waals surface area contributed by atoms with Crippen molar-refractivity contribution in [2.75, 3.05) is 13.7 Å². The average molecular weight is 537 g/mol. The van der Waals surface area contributed by atoms with E-state index in [1.54, 1.807) is 47.4 Å². The van der Waals surface area contributed by atoms with Crippen LogP contribution in [0.2, 0.25) is 0 Å². The Morgan fingerprint density at radius 1 is 1.15 bits per heavy atom. The van der Waals surface area contributed by atoms with Gasteiger partial charge in [0, 0.05) is 24.2 Å². The van der Waals surface area contributed by atoms with Crippen molar-refractivity contribution in [3.8, 4) is 16.9 Å². The molecule has 0 radical (unpaired) electrons. The maximum atomic E-state index is 13.5. The summed E-state index contributed by atoms with van der Waals surface area (Å²) in [6.07, 6.45) is -2.98. The van der Waals surface area contributed by atoms with Crippen molar-refractivity contribution >= 4 is 29.4 Å². The molecule has 1 aliphatic heterocycles. The summed E-state index contributed by atoms with van der Waals surface area (Å²) in [5.41, 5.74) is 2.49. The van der Waals surface area contributed by atoms with E-state index in [1.807, 2.05) is 5.32 Å². The van der Waals surface area contributed by atoms with Gasteiger partial charge in [0.2, 0.25) is 6.41 Å². The largest absolute Gasteiger partial charge is 0.497 e. The van der Waals surface area contributed by atoms with Gasteiger partial charge >= 0.3 is 12.2 Å². The predicted octanol–water partition coefficient (Wildman–Crippen LogP) is 4.41. The zero-order valence-electron chi connectivity index (χ0n) is 20.5. The van der Waals surface area contributed by atoms with Crippen LogP contribution in [0.1, 0.15) is 33.1 Å². The SMILES string of the molecule is COc1ccc2c(c1)C(=O)N(C[C@H](NC(=O)NC=O)c1ccc(-c3cc(C(F)(F)F)cc4nc[nH]c34)cc1)C2. The maximum absolute atomic E-state index is 13.5. The molecular weight excluding hydrogens is 515 g/mol. The molecule has 1 atom stereocenters. The smallest absolute Gasteiger partial charge is 0.416 e. The van der Waals surface area contributed by atoms with E-state index in [4.69, 9.17) is 4.74 Å². The number of methoxy groups -OCH3 is 1. The summed E-state index contributed by atoms with van der Waals surface area (Å²) in [5, 5.41) is 4.70. The lowest BCUT2D eigenvalue weighted by Gasteiger charge is -2.25. The van der Waals surface area contributed by atoms with Crippen molar-refractivity contribution < 1.29 is 32.3 Å². The minimum atomic E-state index is -4.55. The standard InChI is InChI=1S/C27H22F3N5O4/c1-39-19-7-6-17-11-35(25(37)21(17)10-19)12-23(34-26(38)33-14-36)16-4-2-15(3-5-16)20-8-18(27(28,29)30)9-22-24(20)32-13-31-22/h2-10,13-14,23H,11-12H2,1H3,(H,31,32)(H2,33,34,36,38)/t23-/m0/s1. The zero-order chi connectivity index (χ0) is 27.7. The van der Waals surface area contributed by atoms with Crippen LogP contribution in [-0.2, 0) is 17.5 Å². The first kappa shape index (κ1) is 25.8. The van der Waals surface area contributed by atoms with Crippen LogP contribution in [0.4, 0.5) is 18.0 Å². The number of H-pyrrole nitrogens is 1. The number of benzene rings is 3. The number of alkyl halides is 3. The van der Waals surface area contributed by atoms with Crippen molar-refractivity contribution in [1.29, 1.82) is 0 Å². The highest BCUT2D eigenvalue weighted by Gasteiger charge is 2.33. The number of halogens is 3. The van der Waals surface area contributed by atoms with Gasteiger partial charge in [-0.15, -0.1) is 0 Å². The van der Waals surface area contributed by atoms with Crippen molar-refractivity contribution in [2.45, 2.75) is 18.8 Å². The number of imidazole rings is 1. The third kappa shape index (κ3) is 5.13. The molecule has 0 saturated carbocycles. The van der Waals surface area contributed by atoms with E-state index in [0.29, 0.717) is 40.1 Å². The lowest BCUT2D eigenvalue weighted by atomic mass is 9.97. The molecule has 5 rings (SSSR count). The molecule has 39 heavy (non-hydrogen) atoms. The van der Waals surface area contributed by atoms with E-state index < -0.39 is 23.8 Å². The van der Waals surface area contributed by atoms with Crippen LogP contribution < -0.4 is 15.4 Å². The van der Waals surface area contributed by atoms with E-state index in [-0.39, 0.29) is 24.4 Å². The molecule has 0 bridgehead atoms. The number of aromatic amines is 1. The van der Waals surface area contributed by atoms with Gasteiger partial charge in [0.25, 0.3) is 5.91 Å². The van der Waals surface area contributed by atoms with Gasteiger partial charge in [0.15, 0.2) is 0 Å². The quantitative estimate of drug-likeness (QED) is 0.302. The number of carbonyl (C=O) groups excluding carboxylic acids is 3. The number of carbonyl (C=O) groups is 3. The number of hydrogen-bond donors (Lipinski definition) is 3. The van der Waals surface area contributed by atoms with Gasteiger partial charge in [-0.3, -0.25) is 14.9 Å². The Bertz CT molecular complexity index is 1570. The summed E-state index contributed by atoms with van der Waals surface area (Å²) in [4.78, 5) is 44.5. The van der Waals surface area contributed by atoms with E-state index >= 15 is 0 Å². The third-order valence-corrected chi connectivity index (χ3v) is 6.58. The van der Waals surface area contributed by atoms with Gasteiger partial charge in [-0.1, -0.05) is 30.3 Å². The Morgan fingerprint density at radius 3 is 2.62 bits per heavy atom. The number of nitrogens with one attached hydrogen (secondary N) is 3. The molecule has 1 aromatic heterocycles. The number of fused-ring (bicyclic) bond motifs is 2. The molecule has 4 amide bonds. The molecule has 0 aliphatic carbocycles. The number of urea groups is 1. The van der Waals surface area contributed by atoms with Crippen LogP contribution in [0.5, 0.6) is 5.75 Å². The lowest BCUT2D eigenvalue weighted by molar-refractivity contribution is -0.137. The van der Waals surface area contributed by atoms with Crippen LogP contribution in [-0.4, -0.2) is 46.9 Å². The second-order valence-electron chi connectivity index (χ2n) is 8.94. The molecule has 12 heteroatoms. The first-order valence-electron chi connectivity index (χ1n) is 11.8. The van der Waals surface area contributed by atoms with Crippen LogP contribution >= 0.6 is 0 Å². The Balaban J connectivity index is 1.45. The van der Waals surface area contributed by atoms with Gasteiger partial charge in [-0.05, 0) is 41.0 Å². The second kappa shape index (κ2) is 10.1. The molecule has 0 unspecified atom stereocenters. The summed E-state index contributed by atoms with van der Waals surface area (Å²) in [7, 11) is 1.50. The fourth-order valence-electron chi connectivity index (χ4n) is 4.66. The minimum Gasteiger partial charge on any atom is -0.497 e. The van der Waals surface area contributed by atoms with Crippen LogP contribution in [0.25, 0.3) is 22.2 Å². The maximum Gasteiger partial charge on any atom is 0.416 e. The van der Waals surface area contributed by atoms with Crippen molar-refractivity contribution in [2.24, 2.45) is 0 Å². The minimum absolute atomic E-state index is 0.0792. The molecular formula is C27H22F3N5O4. The lowest BCUT2D eigenvalue weighted by Crippen LogP contribution is -2.42. The van der Waals surface area contributed by atoms with Gasteiger partial charge in [-0.2, -0.15) is 13.2 Å². The van der Waals surface area contributed by atoms with Crippen LogP contribution in [0, 0.1) is 0 Å². The fourth-order valence-corrected chi connectivity index (χ4v) is 4.66. The number of hydrogen-bond acceptors (Lipinski definition) is 5. The number of rotatable bonds is 7.